The fraction of sp³-hybridized carbons (Fsp3) is 0.875. The molecule has 1 heterocycles. The standard InChI is InChI=1S/C24H42O6S6/c25-22(26)10-4-1-7-19-13-16-31-32-17-14-20(8-2-5-11-23(27)28)35-36-21(15-18-33-34-19)9-3-6-12-24(29)30/h19-21H,1-18H2,(H,25,26)(H,27,28)(H,29,30). The molecule has 0 aromatic rings. The van der Waals surface area contributed by atoms with Crippen LogP contribution in [0.2, 0.25) is 0 Å². The van der Waals surface area contributed by atoms with Crippen molar-refractivity contribution in [2.45, 2.75) is 112 Å². The molecular weight excluding hydrogens is 577 g/mol. The first kappa shape index (κ1) is 34.5. The highest BCUT2D eigenvalue weighted by Crippen LogP contribution is 2.42. The molecule has 0 aliphatic carbocycles. The molecule has 1 aliphatic rings. The average Bonchev–Trinajstić information content (AvgIpc) is 2.83. The summed E-state index contributed by atoms with van der Waals surface area (Å²) in [7, 11) is 11.7. The summed E-state index contributed by atoms with van der Waals surface area (Å²) >= 11 is 0. The van der Waals surface area contributed by atoms with Gasteiger partial charge in [0.25, 0.3) is 0 Å². The van der Waals surface area contributed by atoms with Crippen molar-refractivity contribution in [3.05, 3.63) is 0 Å². The van der Waals surface area contributed by atoms with Crippen LogP contribution in [0.5, 0.6) is 0 Å². The molecule has 1 aliphatic heterocycles. The van der Waals surface area contributed by atoms with E-state index in [1.165, 1.54) is 0 Å². The lowest BCUT2D eigenvalue weighted by molar-refractivity contribution is -0.138. The van der Waals surface area contributed by atoms with Crippen molar-refractivity contribution in [3.63, 3.8) is 0 Å². The maximum absolute atomic E-state index is 10.9. The molecule has 0 saturated carbocycles. The van der Waals surface area contributed by atoms with Crippen molar-refractivity contribution in [1.29, 1.82) is 0 Å². The third-order valence-electron chi connectivity index (χ3n) is 5.68. The van der Waals surface area contributed by atoms with E-state index in [0.717, 1.165) is 94.3 Å². The van der Waals surface area contributed by atoms with Gasteiger partial charge in [-0.1, -0.05) is 84.0 Å². The smallest absolute Gasteiger partial charge is 0.303 e. The number of carbonyl (C=O) groups is 3. The normalized spacial score (nSPS) is 22.8. The molecule has 36 heavy (non-hydrogen) atoms. The fourth-order valence-corrected chi connectivity index (χ4v) is 12.6. The van der Waals surface area contributed by atoms with Crippen molar-refractivity contribution in [1.82, 2.24) is 0 Å². The van der Waals surface area contributed by atoms with Gasteiger partial charge in [-0.25, -0.2) is 0 Å². The van der Waals surface area contributed by atoms with Gasteiger partial charge in [-0.3, -0.25) is 14.4 Å². The van der Waals surface area contributed by atoms with E-state index in [1.54, 1.807) is 0 Å². The number of rotatable bonds is 15. The summed E-state index contributed by atoms with van der Waals surface area (Å²) < 4.78 is 0. The predicted molar refractivity (Wildman–Crippen MR) is 164 cm³/mol. The maximum Gasteiger partial charge on any atom is 0.303 e. The van der Waals surface area contributed by atoms with Gasteiger partial charge in [-0.05, 0) is 57.8 Å². The van der Waals surface area contributed by atoms with E-state index in [-0.39, 0.29) is 19.3 Å². The summed E-state index contributed by atoms with van der Waals surface area (Å²) in [5, 5.41) is 28.3. The summed E-state index contributed by atoms with van der Waals surface area (Å²) in [6, 6.07) is 0. The molecule has 3 N–H and O–H groups in total. The molecule has 3 atom stereocenters. The summed E-state index contributed by atoms with van der Waals surface area (Å²) in [5.74, 6) is 1.12. The van der Waals surface area contributed by atoms with E-state index in [0.29, 0.717) is 15.7 Å². The number of carboxylic acids is 3. The summed E-state index contributed by atoms with van der Waals surface area (Å²) in [6.07, 6.45) is 12.3. The zero-order valence-electron chi connectivity index (χ0n) is 21.0. The highest BCUT2D eigenvalue weighted by molar-refractivity contribution is 8.78. The van der Waals surface area contributed by atoms with Crippen molar-refractivity contribution < 1.29 is 29.7 Å². The summed E-state index contributed by atoms with van der Waals surface area (Å²) in [6.45, 7) is 0. The molecule has 1 saturated heterocycles. The van der Waals surface area contributed by atoms with E-state index in [4.69, 9.17) is 15.3 Å². The molecule has 210 valence electrons. The van der Waals surface area contributed by atoms with Crippen molar-refractivity contribution in [3.8, 4) is 0 Å². The van der Waals surface area contributed by atoms with Crippen LogP contribution in [0.25, 0.3) is 0 Å². The van der Waals surface area contributed by atoms with Gasteiger partial charge in [0.2, 0.25) is 0 Å². The Labute approximate surface area is 240 Å². The Morgan fingerprint density at radius 2 is 0.833 bits per heavy atom. The van der Waals surface area contributed by atoms with Gasteiger partial charge in [0.05, 0.1) is 0 Å². The van der Waals surface area contributed by atoms with Gasteiger partial charge in [0.1, 0.15) is 0 Å². The Balaban J connectivity index is 2.61. The van der Waals surface area contributed by atoms with Crippen LogP contribution in [0.4, 0.5) is 0 Å². The molecule has 0 bridgehead atoms. The lowest BCUT2D eigenvalue weighted by Gasteiger charge is -2.21. The SMILES string of the molecule is O=C(O)CCCCC1CCSSCCC(CCCCC(=O)O)SSC(CCCCC(=O)O)CCSS1. The van der Waals surface area contributed by atoms with Crippen LogP contribution in [0, 0.1) is 0 Å². The second-order valence-electron chi connectivity index (χ2n) is 8.91. The van der Waals surface area contributed by atoms with E-state index in [2.05, 4.69) is 0 Å². The zero-order chi connectivity index (χ0) is 26.4. The van der Waals surface area contributed by atoms with E-state index in [9.17, 15) is 14.4 Å². The van der Waals surface area contributed by atoms with Crippen LogP contribution in [-0.2, 0) is 14.4 Å². The monoisotopic (exact) mass is 618 g/mol. The first-order chi connectivity index (χ1) is 17.4. The Bertz CT molecular complexity index is 612. The van der Waals surface area contributed by atoms with Crippen molar-refractivity contribution in [2.24, 2.45) is 0 Å². The first-order valence-corrected chi connectivity index (χ1v) is 20.0. The lowest BCUT2D eigenvalue weighted by Crippen LogP contribution is -2.08. The Kier molecular flexibility index (Phi) is 22.5. The average molecular weight is 619 g/mol. The molecule has 0 radical (unpaired) electrons. The lowest BCUT2D eigenvalue weighted by atomic mass is 10.1. The summed E-state index contributed by atoms with van der Waals surface area (Å²) in [5.41, 5.74) is 0. The molecule has 3 unspecified atom stereocenters. The second kappa shape index (κ2) is 23.4. The second-order valence-corrected chi connectivity index (χ2v) is 17.3. The quantitative estimate of drug-likeness (QED) is 0.121. The number of carboxylic acid groups (broad SMARTS) is 3. The van der Waals surface area contributed by atoms with E-state index in [1.807, 2.05) is 64.8 Å². The number of hydrogen-bond acceptors (Lipinski definition) is 9. The first-order valence-electron chi connectivity index (χ1n) is 12.9. The van der Waals surface area contributed by atoms with Gasteiger partial charge >= 0.3 is 17.9 Å². The van der Waals surface area contributed by atoms with Crippen LogP contribution in [0.15, 0.2) is 0 Å². The van der Waals surface area contributed by atoms with Gasteiger partial charge in [-0.2, -0.15) is 0 Å². The topological polar surface area (TPSA) is 112 Å². The minimum absolute atomic E-state index is 0.236. The van der Waals surface area contributed by atoms with E-state index >= 15 is 0 Å². The Morgan fingerprint density at radius 3 is 1.19 bits per heavy atom. The van der Waals surface area contributed by atoms with Gasteiger partial charge in [0.15, 0.2) is 0 Å². The van der Waals surface area contributed by atoms with Crippen LogP contribution in [0.1, 0.15) is 96.3 Å². The maximum atomic E-state index is 10.9. The Hall–Kier alpha value is 0.510. The van der Waals surface area contributed by atoms with Crippen LogP contribution in [0.3, 0.4) is 0 Å². The molecule has 1 fully saturated rings. The van der Waals surface area contributed by atoms with Crippen molar-refractivity contribution >= 4 is 82.7 Å². The minimum Gasteiger partial charge on any atom is -0.481 e. The molecule has 0 amide bonds. The fourth-order valence-electron chi connectivity index (χ4n) is 3.62. The number of hydrogen-bond donors (Lipinski definition) is 3. The minimum atomic E-state index is -0.725. The molecule has 12 heteroatoms. The third-order valence-corrected chi connectivity index (χ3v) is 14.7. The molecule has 0 spiro atoms. The summed E-state index contributed by atoms with van der Waals surface area (Å²) in [4.78, 5) is 32.5. The van der Waals surface area contributed by atoms with Crippen LogP contribution in [-0.4, -0.2) is 66.2 Å². The highest BCUT2D eigenvalue weighted by atomic mass is 33.1. The van der Waals surface area contributed by atoms with Gasteiger partial charge < -0.3 is 15.3 Å². The Morgan fingerprint density at radius 1 is 0.500 bits per heavy atom. The number of aliphatic carboxylic acids is 3. The van der Waals surface area contributed by atoms with E-state index < -0.39 is 17.9 Å². The number of unbranched alkanes of at least 4 members (excludes halogenated alkanes) is 3. The van der Waals surface area contributed by atoms with Crippen molar-refractivity contribution in [2.75, 3.05) is 17.3 Å². The zero-order valence-corrected chi connectivity index (χ0v) is 25.9. The molecule has 0 aromatic heterocycles. The third kappa shape index (κ3) is 21.4. The van der Waals surface area contributed by atoms with Crippen LogP contribution >= 0.6 is 64.8 Å². The predicted octanol–water partition coefficient (Wildman–Crippen LogP) is 8.36. The van der Waals surface area contributed by atoms with Crippen LogP contribution < -0.4 is 0 Å². The highest BCUT2D eigenvalue weighted by Gasteiger charge is 2.18. The molecule has 0 aromatic carbocycles. The van der Waals surface area contributed by atoms with Gasteiger partial charge in [0, 0.05) is 52.3 Å². The van der Waals surface area contributed by atoms with Gasteiger partial charge in [-0.15, -0.1) is 0 Å². The molecular formula is C24H42O6S6. The molecule has 1 rings (SSSR count). The molecule has 6 nitrogen and oxygen atoms in total. The largest absolute Gasteiger partial charge is 0.481 e.